The minimum absolute atomic E-state index is 0.218. The van der Waals surface area contributed by atoms with Crippen LogP contribution in [0.1, 0.15) is 43.5 Å². The van der Waals surface area contributed by atoms with Gasteiger partial charge in [0, 0.05) is 6.54 Å². The normalized spacial score (nSPS) is 20.7. The molecule has 0 spiro atoms. The van der Waals surface area contributed by atoms with Crippen LogP contribution in [0, 0.1) is 6.92 Å². The molecule has 0 aliphatic carbocycles. The predicted molar refractivity (Wildman–Crippen MR) is 99.4 cm³/mol. The fraction of sp³-hybridized carbons (Fsp3) is 0.368. The molecule has 3 heterocycles. The summed E-state index contributed by atoms with van der Waals surface area (Å²) in [6.07, 6.45) is 2.06. The summed E-state index contributed by atoms with van der Waals surface area (Å²) in [4.78, 5) is 1.41. The number of fused-ring (bicyclic) bond motifs is 2. The van der Waals surface area contributed by atoms with Gasteiger partial charge in [0.25, 0.3) is 0 Å². The first-order valence-corrected chi connectivity index (χ1v) is 9.23. The Morgan fingerprint density at radius 3 is 2.79 bits per heavy atom. The molecule has 1 aromatic carbocycles. The SMILES string of the molecule is CC1=C(Cc2ccccc2)CC2=C(S1)n1c(C)nnc1[C@H](C)NC2. The molecule has 2 aliphatic heterocycles. The van der Waals surface area contributed by atoms with Gasteiger partial charge in [-0.3, -0.25) is 4.57 Å². The molecule has 1 aromatic heterocycles. The van der Waals surface area contributed by atoms with Crippen molar-refractivity contribution in [3.8, 4) is 0 Å². The minimum Gasteiger partial charge on any atom is -0.304 e. The lowest BCUT2D eigenvalue weighted by Gasteiger charge is -2.24. The maximum atomic E-state index is 4.39. The van der Waals surface area contributed by atoms with E-state index in [1.54, 1.807) is 0 Å². The minimum atomic E-state index is 0.218. The van der Waals surface area contributed by atoms with E-state index in [4.69, 9.17) is 0 Å². The van der Waals surface area contributed by atoms with Crippen LogP contribution in [-0.4, -0.2) is 21.3 Å². The van der Waals surface area contributed by atoms with E-state index < -0.39 is 0 Å². The topological polar surface area (TPSA) is 42.7 Å². The van der Waals surface area contributed by atoms with E-state index in [0.29, 0.717) is 0 Å². The molecule has 0 unspecified atom stereocenters. The number of benzene rings is 1. The quantitative estimate of drug-likeness (QED) is 0.896. The highest BCUT2D eigenvalue weighted by molar-refractivity contribution is 8.11. The maximum absolute atomic E-state index is 4.39. The summed E-state index contributed by atoms with van der Waals surface area (Å²) in [6.45, 7) is 7.36. The number of rotatable bonds is 2. The predicted octanol–water partition coefficient (Wildman–Crippen LogP) is 4.07. The van der Waals surface area contributed by atoms with Crippen molar-refractivity contribution in [2.45, 2.75) is 39.7 Å². The van der Waals surface area contributed by atoms with Crippen LogP contribution in [0.4, 0.5) is 0 Å². The van der Waals surface area contributed by atoms with Gasteiger partial charge in [-0.05, 0) is 49.7 Å². The maximum Gasteiger partial charge on any atom is 0.154 e. The molecular formula is C19H22N4S. The van der Waals surface area contributed by atoms with E-state index in [-0.39, 0.29) is 6.04 Å². The van der Waals surface area contributed by atoms with Crippen molar-refractivity contribution in [1.82, 2.24) is 20.1 Å². The number of nitrogens with zero attached hydrogens (tertiary/aromatic N) is 3. The van der Waals surface area contributed by atoms with Crippen LogP contribution in [0.25, 0.3) is 5.03 Å². The largest absolute Gasteiger partial charge is 0.304 e. The molecule has 0 fully saturated rings. The van der Waals surface area contributed by atoms with Crippen LogP contribution < -0.4 is 5.32 Å². The van der Waals surface area contributed by atoms with Gasteiger partial charge in [0.05, 0.1) is 11.1 Å². The molecular weight excluding hydrogens is 316 g/mol. The van der Waals surface area contributed by atoms with Gasteiger partial charge in [0.2, 0.25) is 0 Å². The summed E-state index contributed by atoms with van der Waals surface area (Å²) in [6, 6.07) is 11.0. The highest BCUT2D eigenvalue weighted by atomic mass is 32.2. The summed E-state index contributed by atoms with van der Waals surface area (Å²) in [5, 5.41) is 13.6. The fourth-order valence-corrected chi connectivity index (χ4v) is 4.58. The third-order valence-electron chi connectivity index (χ3n) is 4.80. The van der Waals surface area contributed by atoms with Crippen LogP contribution in [0.15, 0.2) is 46.4 Å². The van der Waals surface area contributed by atoms with E-state index in [0.717, 1.165) is 31.0 Å². The van der Waals surface area contributed by atoms with Crippen LogP contribution in [0.3, 0.4) is 0 Å². The lowest BCUT2D eigenvalue weighted by molar-refractivity contribution is 0.575. The average Bonchev–Trinajstić information content (AvgIpc) is 2.91. The highest BCUT2D eigenvalue weighted by Crippen LogP contribution is 2.44. The highest BCUT2D eigenvalue weighted by Gasteiger charge is 2.28. The molecule has 1 atom stereocenters. The van der Waals surface area contributed by atoms with Gasteiger partial charge >= 0.3 is 0 Å². The molecule has 2 aromatic rings. The molecule has 0 radical (unpaired) electrons. The van der Waals surface area contributed by atoms with Crippen molar-refractivity contribution in [2.24, 2.45) is 0 Å². The number of allylic oxidation sites excluding steroid dienone is 2. The molecule has 124 valence electrons. The third kappa shape index (κ3) is 2.72. The number of nitrogens with one attached hydrogen (secondary N) is 1. The molecule has 4 nitrogen and oxygen atoms in total. The molecule has 2 aliphatic rings. The standard InChI is InChI=1S/C19H22N4S/c1-12-18-22-21-14(3)23(18)19-17(11-20-12)10-16(13(2)24-19)9-15-7-5-4-6-8-15/h4-8,12,20H,9-11H2,1-3H3/t12-/m0/s1. The van der Waals surface area contributed by atoms with E-state index in [1.165, 1.54) is 26.6 Å². The monoisotopic (exact) mass is 338 g/mol. The molecule has 1 N–H and O–H groups in total. The van der Waals surface area contributed by atoms with Crippen LogP contribution in [0.2, 0.25) is 0 Å². The van der Waals surface area contributed by atoms with Crippen LogP contribution in [0.5, 0.6) is 0 Å². The first-order valence-electron chi connectivity index (χ1n) is 8.41. The van der Waals surface area contributed by atoms with Gasteiger partial charge in [-0.1, -0.05) is 47.7 Å². The second-order valence-electron chi connectivity index (χ2n) is 6.55. The summed E-state index contributed by atoms with van der Waals surface area (Å²) >= 11 is 1.88. The number of thioether (sulfide) groups is 1. The van der Waals surface area contributed by atoms with Gasteiger partial charge < -0.3 is 5.32 Å². The van der Waals surface area contributed by atoms with Gasteiger partial charge in [0.1, 0.15) is 5.82 Å². The fourth-order valence-electron chi connectivity index (χ4n) is 3.40. The molecule has 0 bridgehead atoms. The Morgan fingerprint density at radius 2 is 2.00 bits per heavy atom. The van der Waals surface area contributed by atoms with Crippen LogP contribution in [-0.2, 0) is 6.42 Å². The van der Waals surface area contributed by atoms with E-state index in [1.807, 2.05) is 18.7 Å². The smallest absolute Gasteiger partial charge is 0.154 e. The van der Waals surface area contributed by atoms with Gasteiger partial charge in [0.15, 0.2) is 5.82 Å². The number of aryl methyl sites for hydroxylation is 1. The van der Waals surface area contributed by atoms with Gasteiger partial charge in [-0.25, -0.2) is 0 Å². The van der Waals surface area contributed by atoms with E-state index in [2.05, 4.69) is 64.3 Å². The van der Waals surface area contributed by atoms with Gasteiger partial charge in [-0.2, -0.15) is 0 Å². The molecule has 4 rings (SSSR count). The Bertz CT molecular complexity index is 832. The second kappa shape index (κ2) is 6.22. The Labute approximate surface area is 147 Å². The van der Waals surface area contributed by atoms with E-state index >= 15 is 0 Å². The molecule has 0 amide bonds. The zero-order valence-electron chi connectivity index (χ0n) is 14.3. The van der Waals surface area contributed by atoms with Crippen molar-refractivity contribution >= 4 is 16.8 Å². The van der Waals surface area contributed by atoms with Gasteiger partial charge in [-0.15, -0.1) is 10.2 Å². The summed E-state index contributed by atoms with van der Waals surface area (Å²) in [5.41, 5.74) is 4.35. The first kappa shape index (κ1) is 15.7. The lowest BCUT2D eigenvalue weighted by Crippen LogP contribution is -2.21. The first-order chi connectivity index (χ1) is 11.6. The number of hydrogen-bond acceptors (Lipinski definition) is 4. The average molecular weight is 338 g/mol. The third-order valence-corrected chi connectivity index (χ3v) is 6.06. The Hall–Kier alpha value is -1.85. The zero-order chi connectivity index (χ0) is 16.7. The summed E-state index contributed by atoms with van der Waals surface area (Å²) in [7, 11) is 0. The Balaban J connectivity index is 1.68. The molecule has 24 heavy (non-hydrogen) atoms. The molecule has 0 saturated heterocycles. The number of aromatic nitrogens is 3. The lowest BCUT2D eigenvalue weighted by atomic mass is 9.98. The van der Waals surface area contributed by atoms with E-state index in [9.17, 15) is 0 Å². The number of hydrogen-bond donors (Lipinski definition) is 1. The van der Waals surface area contributed by atoms with Crippen molar-refractivity contribution in [3.05, 3.63) is 63.6 Å². The molecule has 5 heteroatoms. The van der Waals surface area contributed by atoms with Crippen molar-refractivity contribution in [1.29, 1.82) is 0 Å². The summed E-state index contributed by atoms with van der Waals surface area (Å²) in [5.74, 6) is 1.99. The van der Waals surface area contributed by atoms with Crippen LogP contribution >= 0.6 is 11.8 Å². The van der Waals surface area contributed by atoms with Crippen molar-refractivity contribution in [3.63, 3.8) is 0 Å². The van der Waals surface area contributed by atoms with Crippen molar-refractivity contribution in [2.75, 3.05) is 6.54 Å². The second-order valence-corrected chi connectivity index (χ2v) is 7.76. The van der Waals surface area contributed by atoms with Crippen molar-refractivity contribution < 1.29 is 0 Å². The zero-order valence-corrected chi connectivity index (χ0v) is 15.2. The summed E-state index contributed by atoms with van der Waals surface area (Å²) < 4.78 is 2.24. The Kier molecular flexibility index (Phi) is 4.06. The Morgan fingerprint density at radius 1 is 1.21 bits per heavy atom. The molecule has 0 saturated carbocycles.